The first-order chi connectivity index (χ1) is 13.7. The smallest absolute Gasteiger partial charge is 0.278 e. The maximum absolute atomic E-state index is 12.6. The molecule has 0 spiro atoms. The highest BCUT2D eigenvalue weighted by Gasteiger charge is 2.15. The Kier molecular flexibility index (Phi) is 5.19. The van der Waals surface area contributed by atoms with Crippen LogP contribution in [0.2, 0.25) is 0 Å². The van der Waals surface area contributed by atoms with Gasteiger partial charge in [-0.15, -0.1) is 0 Å². The lowest BCUT2D eigenvalue weighted by atomic mass is 10.2. The van der Waals surface area contributed by atoms with Crippen LogP contribution in [0.5, 0.6) is 0 Å². The van der Waals surface area contributed by atoms with E-state index in [-0.39, 0.29) is 5.91 Å². The molecule has 28 heavy (non-hydrogen) atoms. The standard InChI is InChI=1S/C22H23N5O/c1-26(18-7-3-2-4-8-18)22(28)20-15-24-21(16-23-20)25-17-9-11-19(12-10-17)27-13-5-6-14-27/h2-4,7-12,15-16H,5-6,13-14H2,1H3,(H,24,25). The second-order valence-electron chi connectivity index (χ2n) is 6.85. The van der Waals surface area contributed by atoms with Gasteiger partial charge >= 0.3 is 0 Å². The predicted molar refractivity (Wildman–Crippen MR) is 112 cm³/mol. The minimum absolute atomic E-state index is 0.194. The molecular formula is C22H23N5O. The fourth-order valence-corrected chi connectivity index (χ4v) is 3.32. The summed E-state index contributed by atoms with van der Waals surface area (Å²) in [5.41, 5.74) is 3.31. The minimum atomic E-state index is -0.194. The van der Waals surface area contributed by atoms with Gasteiger partial charge in [0, 0.05) is 37.2 Å². The van der Waals surface area contributed by atoms with Crippen molar-refractivity contribution in [3.05, 3.63) is 72.7 Å². The summed E-state index contributed by atoms with van der Waals surface area (Å²) in [5, 5.41) is 3.23. The Morgan fingerprint density at radius 3 is 2.32 bits per heavy atom. The lowest BCUT2D eigenvalue weighted by molar-refractivity contribution is 0.0988. The van der Waals surface area contributed by atoms with Crippen molar-refractivity contribution in [3.8, 4) is 0 Å². The maximum atomic E-state index is 12.6. The maximum Gasteiger partial charge on any atom is 0.278 e. The van der Waals surface area contributed by atoms with Gasteiger partial charge < -0.3 is 15.1 Å². The third-order valence-electron chi connectivity index (χ3n) is 4.93. The third kappa shape index (κ3) is 3.96. The molecule has 2 aromatic carbocycles. The minimum Gasteiger partial charge on any atom is -0.372 e. The molecule has 1 saturated heterocycles. The van der Waals surface area contributed by atoms with Crippen LogP contribution in [0.25, 0.3) is 0 Å². The first-order valence-electron chi connectivity index (χ1n) is 9.48. The van der Waals surface area contributed by atoms with Crippen LogP contribution in [0.1, 0.15) is 23.3 Å². The van der Waals surface area contributed by atoms with Crippen molar-refractivity contribution in [1.29, 1.82) is 0 Å². The first-order valence-corrected chi connectivity index (χ1v) is 9.48. The second kappa shape index (κ2) is 8.08. The molecular weight excluding hydrogens is 350 g/mol. The Labute approximate surface area is 164 Å². The number of anilines is 4. The lowest BCUT2D eigenvalue weighted by Gasteiger charge is -2.18. The van der Waals surface area contributed by atoms with Crippen LogP contribution in [0.4, 0.5) is 22.9 Å². The first kappa shape index (κ1) is 18.0. The number of nitrogens with one attached hydrogen (secondary N) is 1. The summed E-state index contributed by atoms with van der Waals surface area (Å²) in [5.74, 6) is 0.410. The van der Waals surface area contributed by atoms with Crippen molar-refractivity contribution >= 4 is 28.8 Å². The van der Waals surface area contributed by atoms with Gasteiger partial charge in [-0.1, -0.05) is 18.2 Å². The molecule has 1 aliphatic heterocycles. The molecule has 0 atom stereocenters. The molecule has 0 unspecified atom stereocenters. The van der Waals surface area contributed by atoms with E-state index in [0.717, 1.165) is 24.5 Å². The Balaban J connectivity index is 1.41. The molecule has 0 aliphatic carbocycles. The molecule has 6 nitrogen and oxygen atoms in total. The van der Waals surface area contributed by atoms with Gasteiger partial charge in [-0.3, -0.25) is 4.79 Å². The zero-order valence-corrected chi connectivity index (χ0v) is 15.9. The van der Waals surface area contributed by atoms with E-state index in [1.165, 1.54) is 24.7 Å². The zero-order chi connectivity index (χ0) is 19.3. The lowest BCUT2D eigenvalue weighted by Crippen LogP contribution is -2.27. The Hall–Kier alpha value is -3.41. The Morgan fingerprint density at radius 2 is 1.68 bits per heavy atom. The number of rotatable bonds is 5. The number of carbonyl (C=O) groups is 1. The van der Waals surface area contributed by atoms with Gasteiger partial charge in [0.1, 0.15) is 11.5 Å². The quantitative estimate of drug-likeness (QED) is 0.730. The monoisotopic (exact) mass is 373 g/mol. The van der Waals surface area contributed by atoms with E-state index in [9.17, 15) is 4.79 Å². The molecule has 6 heteroatoms. The van der Waals surface area contributed by atoms with Gasteiger partial charge in [0.15, 0.2) is 0 Å². The fourth-order valence-electron chi connectivity index (χ4n) is 3.32. The van der Waals surface area contributed by atoms with E-state index in [1.54, 1.807) is 18.1 Å². The number of hydrogen-bond donors (Lipinski definition) is 1. The van der Waals surface area contributed by atoms with E-state index in [1.807, 2.05) is 42.5 Å². The normalized spacial score (nSPS) is 13.4. The SMILES string of the molecule is CN(C(=O)c1cnc(Nc2ccc(N3CCCC3)cc2)cn1)c1ccccc1. The van der Waals surface area contributed by atoms with Crippen molar-refractivity contribution in [2.45, 2.75) is 12.8 Å². The fraction of sp³-hybridized carbons (Fsp3) is 0.227. The van der Waals surface area contributed by atoms with Crippen LogP contribution in [0, 0.1) is 0 Å². The van der Waals surface area contributed by atoms with Crippen LogP contribution in [0.3, 0.4) is 0 Å². The zero-order valence-electron chi connectivity index (χ0n) is 15.9. The number of benzene rings is 2. The number of nitrogens with zero attached hydrogens (tertiary/aromatic N) is 4. The summed E-state index contributed by atoms with van der Waals surface area (Å²) in [6, 6.07) is 17.8. The summed E-state index contributed by atoms with van der Waals surface area (Å²) in [7, 11) is 1.73. The summed E-state index contributed by atoms with van der Waals surface area (Å²) >= 11 is 0. The van der Waals surface area contributed by atoms with Crippen LogP contribution in [-0.4, -0.2) is 36.0 Å². The average molecular weight is 373 g/mol. The van der Waals surface area contributed by atoms with Gasteiger partial charge in [-0.05, 0) is 49.2 Å². The van der Waals surface area contributed by atoms with Gasteiger partial charge in [0.05, 0.1) is 12.4 Å². The summed E-state index contributed by atoms with van der Waals surface area (Å²) in [4.78, 5) is 25.2. The van der Waals surface area contributed by atoms with Gasteiger partial charge in [0.25, 0.3) is 5.91 Å². The highest BCUT2D eigenvalue weighted by Crippen LogP contribution is 2.23. The molecule has 3 aromatic rings. The molecule has 1 N–H and O–H groups in total. The van der Waals surface area contributed by atoms with Gasteiger partial charge in [-0.2, -0.15) is 0 Å². The van der Waals surface area contributed by atoms with E-state index >= 15 is 0 Å². The van der Waals surface area contributed by atoms with Gasteiger partial charge in [-0.25, -0.2) is 9.97 Å². The topological polar surface area (TPSA) is 61.4 Å². The molecule has 1 aromatic heterocycles. The highest BCUT2D eigenvalue weighted by atomic mass is 16.2. The average Bonchev–Trinajstić information content (AvgIpc) is 3.29. The number of hydrogen-bond acceptors (Lipinski definition) is 5. The van der Waals surface area contributed by atoms with Crippen LogP contribution < -0.4 is 15.1 Å². The molecule has 142 valence electrons. The van der Waals surface area contributed by atoms with Crippen molar-refractivity contribution < 1.29 is 4.79 Å². The molecule has 4 rings (SSSR count). The molecule has 0 bridgehead atoms. The largest absolute Gasteiger partial charge is 0.372 e. The van der Waals surface area contributed by atoms with E-state index in [2.05, 4.69) is 32.3 Å². The molecule has 1 fully saturated rings. The molecule has 1 aliphatic rings. The van der Waals surface area contributed by atoms with Crippen LogP contribution in [0.15, 0.2) is 67.0 Å². The third-order valence-corrected chi connectivity index (χ3v) is 4.93. The van der Waals surface area contributed by atoms with Crippen molar-refractivity contribution in [2.24, 2.45) is 0 Å². The van der Waals surface area contributed by atoms with E-state index in [0.29, 0.717) is 11.5 Å². The van der Waals surface area contributed by atoms with E-state index in [4.69, 9.17) is 0 Å². The van der Waals surface area contributed by atoms with Crippen molar-refractivity contribution in [1.82, 2.24) is 9.97 Å². The number of para-hydroxylation sites is 1. The molecule has 0 radical (unpaired) electrons. The number of carbonyl (C=O) groups excluding carboxylic acids is 1. The van der Waals surface area contributed by atoms with Crippen LogP contribution in [-0.2, 0) is 0 Å². The summed E-state index contributed by atoms with van der Waals surface area (Å²) in [6.07, 6.45) is 5.61. The number of amides is 1. The second-order valence-corrected chi connectivity index (χ2v) is 6.85. The summed E-state index contributed by atoms with van der Waals surface area (Å²) in [6.45, 7) is 2.26. The van der Waals surface area contributed by atoms with Crippen LogP contribution >= 0.6 is 0 Å². The predicted octanol–water partition coefficient (Wildman–Crippen LogP) is 4.10. The van der Waals surface area contributed by atoms with E-state index < -0.39 is 0 Å². The summed E-state index contributed by atoms with van der Waals surface area (Å²) < 4.78 is 0. The van der Waals surface area contributed by atoms with Gasteiger partial charge in [0.2, 0.25) is 0 Å². The Morgan fingerprint density at radius 1 is 0.964 bits per heavy atom. The Bertz CT molecular complexity index is 919. The molecule has 2 heterocycles. The molecule has 0 saturated carbocycles. The number of aromatic nitrogens is 2. The van der Waals surface area contributed by atoms with Crippen molar-refractivity contribution in [2.75, 3.05) is 35.3 Å². The molecule has 1 amide bonds. The highest BCUT2D eigenvalue weighted by molar-refractivity contribution is 6.04. The van der Waals surface area contributed by atoms with Crippen molar-refractivity contribution in [3.63, 3.8) is 0 Å².